The topological polar surface area (TPSA) is 104 Å². The summed E-state index contributed by atoms with van der Waals surface area (Å²) in [7, 11) is -4.28. The van der Waals surface area contributed by atoms with E-state index in [4.69, 9.17) is 0 Å². The molecule has 12 heteroatoms. The molecule has 0 spiro atoms. The van der Waals surface area contributed by atoms with Crippen LogP contribution in [-0.4, -0.2) is 72.4 Å². The molecule has 2 saturated heterocycles. The maximum absolute atomic E-state index is 13.8. The van der Waals surface area contributed by atoms with E-state index < -0.39 is 26.5 Å². The molecule has 3 aromatic rings. The van der Waals surface area contributed by atoms with E-state index in [1.54, 1.807) is 0 Å². The van der Waals surface area contributed by atoms with Crippen LogP contribution in [0.5, 0.6) is 0 Å². The van der Waals surface area contributed by atoms with Gasteiger partial charge in [-0.3, -0.25) is 4.90 Å². The number of alkyl halides is 3. The standard InChI is InChI=1S/C23H25F3N6O2S/c1-35(33,34)21-19(23(24,25)26)7-6-18(20(21)22-28-30-31-29-22)16-4-2-14(3-5-16)15-8-10-32(11-9-15)17-12-27-13-17/h2-7,15,17,27H,8-13H2,1H3,(H,28,29,30,31). The molecule has 2 aliphatic heterocycles. The lowest BCUT2D eigenvalue weighted by molar-refractivity contribution is -0.139. The first-order chi connectivity index (χ1) is 16.6. The first kappa shape index (κ1) is 23.9. The van der Waals surface area contributed by atoms with Crippen molar-refractivity contribution in [3.05, 3.63) is 47.5 Å². The molecule has 2 aromatic carbocycles. The number of nitrogens with one attached hydrogen (secondary N) is 2. The van der Waals surface area contributed by atoms with E-state index in [-0.39, 0.29) is 11.4 Å². The number of aromatic amines is 1. The smallest absolute Gasteiger partial charge is 0.314 e. The van der Waals surface area contributed by atoms with Crippen molar-refractivity contribution >= 4 is 9.84 Å². The Bertz CT molecular complexity index is 1300. The van der Waals surface area contributed by atoms with Crippen LogP contribution >= 0.6 is 0 Å². The summed E-state index contributed by atoms with van der Waals surface area (Å²) in [4.78, 5) is 1.68. The molecule has 186 valence electrons. The van der Waals surface area contributed by atoms with Gasteiger partial charge in [-0.15, -0.1) is 5.10 Å². The number of tetrazole rings is 1. The van der Waals surface area contributed by atoms with Crippen molar-refractivity contribution < 1.29 is 21.6 Å². The maximum atomic E-state index is 13.8. The van der Waals surface area contributed by atoms with E-state index in [0.717, 1.165) is 51.3 Å². The fourth-order valence-electron chi connectivity index (χ4n) is 5.00. The largest absolute Gasteiger partial charge is 0.417 e. The van der Waals surface area contributed by atoms with Crippen molar-refractivity contribution in [1.29, 1.82) is 0 Å². The van der Waals surface area contributed by atoms with Gasteiger partial charge in [-0.25, -0.2) is 13.5 Å². The van der Waals surface area contributed by atoms with E-state index in [2.05, 4.69) is 30.8 Å². The van der Waals surface area contributed by atoms with Crippen molar-refractivity contribution in [2.24, 2.45) is 0 Å². The Hall–Kier alpha value is -2.83. The highest BCUT2D eigenvalue weighted by atomic mass is 32.2. The van der Waals surface area contributed by atoms with Crippen molar-refractivity contribution in [1.82, 2.24) is 30.8 Å². The Kier molecular flexibility index (Phi) is 6.14. The molecule has 0 aliphatic carbocycles. The fourth-order valence-corrected chi connectivity index (χ4v) is 6.16. The van der Waals surface area contributed by atoms with Crippen molar-refractivity contribution in [3.63, 3.8) is 0 Å². The van der Waals surface area contributed by atoms with Gasteiger partial charge in [0.15, 0.2) is 15.7 Å². The van der Waals surface area contributed by atoms with Gasteiger partial charge < -0.3 is 5.32 Å². The van der Waals surface area contributed by atoms with Crippen LogP contribution in [0.15, 0.2) is 41.3 Å². The van der Waals surface area contributed by atoms with E-state index in [1.165, 1.54) is 11.6 Å². The van der Waals surface area contributed by atoms with Gasteiger partial charge in [0.1, 0.15) is 0 Å². The summed E-state index contributed by atoms with van der Waals surface area (Å²) < 4.78 is 66.4. The number of likely N-dealkylation sites (tertiary alicyclic amines) is 1. The van der Waals surface area contributed by atoms with Gasteiger partial charge in [-0.2, -0.15) is 13.2 Å². The first-order valence-electron chi connectivity index (χ1n) is 11.4. The molecule has 35 heavy (non-hydrogen) atoms. The number of nitrogens with zero attached hydrogens (tertiary/aromatic N) is 4. The van der Waals surface area contributed by atoms with E-state index in [1.807, 2.05) is 24.3 Å². The third-order valence-electron chi connectivity index (χ3n) is 6.91. The second kappa shape index (κ2) is 8.99. The highest BCUT2D eigenvalue weighted by Crippen LogP contribution is 2.43. The summed E-state index contributed by atoms with van der Waals surface area (Å²) in [5.74, 6) is 0.263. The van der Waals surface area contributed by atoms with Gasteiger partial charge in [-0.05, 0) is 65.0 Å². The molecule has 2 fully saturated rings. The van der Waals surface area contributed by atoms with Crippen molar-refractivity contribution in [3.8, 4) is 22.5 Å². The third-order valence-corrected chi connectivity index (χ3v) is 8.08. The lowest BCUT2D eigenvalue weighted by Gasteiger charge is -2.42. The molecule has 2 aliphatic rings. The minimum atomic E-state index is -4.87. The first-order valence-corrected chi connectivity index (χ1v) is 13.3. The van der Waals surface area contributed by atoms with Gasteiger partial charge in [-0.1, -0.05) is 30.3 Å². The van der Waals surface area contributed by atoms with Gasteiger partial charge in [0.2, 0.25) is 0 Å². The number of hydrogen-bond donors (Lipinski definition) is 2. The van der Waals surface area contributed by atoms with Crippen LogP contribution < -0.4 is 5.32 Å². The highest BCUT2D eigenvalue weighted by Gasteiger charge is 2.39. The summed E-state index contributed by atoms with van der Waals surface area (Å²) in [5.41, 5.74) is 0.605. The van der Waals surface area contributed by atoms with Crippen molar-refractivity contribution in [2.45, 2.75) is 35.9 Å². The third kappa shape index (κ3) is 4.69. The van der Waals surface area contributed by atoms with Crippen LogP contribution in [0.3, 0.4) is 0 Å². The number of hydrogen-bond acceptors (Lipinski definition) is 7. The van der Waals surface area contributed by atoms with Gasteiger partial charge in [0.05, 0.1) is 10.5 Å². The SMILES string of the molecule is CS(=O)(=O)c1c(C(F)(F)F)ccc(-c2ccc(C3CCN(C4CNC4)CC3)cc2)c1-c1nnn[nH]1. The normalized spacial score (nSPS) is 18.5. The number of halogens is 3. The Labute approximate surface area is 200 Å². The Balaban J connectivity index is 1.51. The van der Waals surface area contributed by atoms with Crippen molar-refractivity contribution in [2.75, 3.05) is 32.4 Å². The molecular weight excluding hydrogens is 481 g/mol. The summed E-state index contributed by atoms with van der Waals surface area (Å²) in [6.07, 6.45) is -2.02. The van der Waals surface area contributed by atoms with Crippen LogP contribution in [0.1, 0.15) is 29.9 Å². The predicted molar refractivity (Wildman–Crippen MR) is 123 cm³/mol. The zero-order chi connectivity index (χ0) is 24.8. The summed E-state index contributed by atoms with van der Waals surface area (Å²) in [5, 5.41) is 16.4. The summed E-state index contributed by atoms with van der Waals surface area (Å²) in [6, 6.07) is 10.3. The number of benzene rings is 2. The molecule has 2 N–H and O–H groups in total. The lowest BCUT2D eigenvalue weighted by atomic mass is 9.87. The van der Waals surface area contributed by atoms with E-state index in [0.29, 0.717) is 23.1 Å². The molecule has 0 saturated carbocycles. The second-order valence-electron chi connectivity index (χ2n) is 9.13. The van der Waals surface area contributed by atoms with E-state index >= 15 is 0 Å². The summed E-state index contributed by atoms with van der Waals surface area (Å²) >= 11 is 0. The number of sulfone groups is 1. The molecule has 3 heterocycles. The van der Waals surface area contributed by atoms with Gasteiger partial charge >= 0.3 is 6.18 Å². The second-order valence-corrected chi connectivity index (χ2v) is 11.1. The molecule has 8 nitrogen and oxygen atoms in total. The summed E-state index contributed by atoms with van der Waals surface area (Å²) in [6.45, 7) is 4.17. The van der Waals surface area contributed by atoms with E-state index in [9.17, 15) is 21.6 Å². The molecule has 1 aromatic heterocycles. The average Bonchev–Trinajstić information content (AvgIpc) is 3.31. The lowest BCUT2D eigenvalue weighted by Crippen LogP contribution is -2.58. The van der Waals surface area contributed by atoms with Crippen LogP contribution in [-0.2, 0) is 16.0 Å². The Morgan fingerprint density at radius 1 is 1.03 bits per heavy atom. The quantitative estimate of drug-likeness (QED) is 0.548. The highest BCUT2D eigenvalue weighted by molar-refractivity contribution is 7.91. The Morgan fingerprint density at radius 3 is 2.23 bits per heavy atom. The Morgan fingerprint density at radius 2 is 1.71 bits per heavy atom. The molecule has 0 atom stereocenters. The van der Waals surface area contributed by atoms with Crippen LogP contribution in [0.4, 0.5) is 13.2 Å². The molecular formula is C23H25F3N6O2S. The average molecular weight is 507 g/mol. The number of aromatic nitrogens is 4. The molecule has 5 rings (SSSR count). The number of rotatable bonds is 5. The van der Waals surface area contributed by atoms with Gasteiger partial charge in [0.25, 0.3) is 0 Å². The predicted octanol–water partition coefficient (Wildman–Crippen LogP) is 3.11. The fraction of sp³-hybridized carbons (Fsp3) is 0.435. The minimum Gasteiger partial charge on any atom is -0.314 e. The zero-order valence-corrected chi connectivity index (χ0v) is 19.8. The van der Waals surface area contributed by atoms with Crippen LogP contribution in [0.25, 0.3) is 22.5 Å². The van der Waals surface area contributed by atoms with Crippen LogP contribution in [0, 0.1) is 0 Å². The zero-order valence-electron chi connectivity index (χ0n) is 19.0. The van der Waals surface area contributed by atoms with Gasteiger partial charge in [0, 0.05) is 31.0 Å². The minimum absolute atomic E-state index is 0.145. The molecule has 0 unspecified atom stereocenters. The number of piperidine rings is 1. The molecule has 0 amide bonds. The molecule has 0 bridgehead atoms. The molecule has 0 radical (unpaired) electrons. The van der Waals surface area contributed by atoms with Crippen LogP contribution in [0.2, 0.25) is 0 Å². The maximum Gasteiger partial charge on any atom is 0.417 e. The monoisotopic (exact) mass is 506 g/mol. The number of H-pyrrole nitrogens is 1.